The van der Waals surface area contributed by atoms with Gasteiger partial charge in [0.15, 0.2) is 0 Å². The van der Waals surface area contributed by atoms with Gasteiger partial charge in [-0.05, 0) is 17.4 Å². The van der Waals surface area contributed by atoms with Crippen LogP contribution in [0.25, 0.3) is 10.8 Å². The third-order valence-corrected chi connectivity index (χ3v) is 4.24. The van der Waals surface area contributed by atoms with Crippen LogP contribution in [0.2, 0.25) is 0 Å². The van der Waals surface area contributed by atoms with Crippen molar-refractivity contribution in [1.82, 2.24) is 14.8 Å². The van der Waals surface area contributed by atoms with Crippen LogP contribution >= 0.6 is 0 Å². The van der Waals surface area contributed by atoms with E-state index in [-0.39, 0.29) is 12.0 Å². The van der Waals surface area contributed by atoms with Crippen molar-refractivity contribution in [3.63, 3.8) is 0 Å². The molecule has 6 nitrogen and oxygen atoms in total. The Balaban J connectivity index is 1.64. The molecule has 1 aromatic carbocycles. The van der Waals surface area contributed by atoms with Crippen molar-refractivity contribution in [3.05, 3.63) is 42.2 Å². The molecule has 2 aromatic rings. The highest BCUT2D eigenvalue weighted by molar-refractivity contribution is 6.05. The number of fused-ring (bicyclic) bond motifs is 1. The summed E-state index contributed by atoms with van der Waals surface area (Å²) in [5, 5.41) is 1.85. The Bertz CT molecular complexity index is 762. The monoisotopic (exact) mass is 341 g/mol. The predicted octanol–water partition coefficient (Wildman–Crippen LogP) is 2.79. The quantitative estimate of drug-likeness (QED) is 0.861. The van der Waals surface area contributed by atoms with Crippen molar-refractivity contribution in [2.75, 3.05) is 32.8 Å². The highest BCUT2D eigenvalue weighted by atomic mass is 16.6. The maximum absolute atomic E-state index is 12.8. The van der Waals surface area contributed by atoms with Gasteiger partial charge < -0.3 is 14.5 Å². The maximum Gasteiger partial charge on any atom is 0.409 e. The summed E-state index contributed by atoms with van der Waals surface area (Å²) < 4.78 is 5.25. The standard InChI is InChI=1S/C19H23N3O3/c1-14(2)13-25-19(24)22-11-9-21(10-12-22)18(23)17-16-6-4-3-5-15(16)7-8-20-17/h3-8,14H,9-13H2,1-2H3. The average Bonchev–Trinajstić information content (AvgIpc) is 2.65. The minimum Gasteiger partial charge on any atom is -0.449 e. The SMILES string of the molecule is CC(C)COC(=O)N1CCN(C(=O)c2nccc3ccccc23)CC1. The van der Waals surface area contributed by atoms with E-state index in [9.17, 15) is 9.59 Å². The molecule has 132 valence electrons. The van der Waals surface area contributed by atoms with Crippen LogP contribution < -0.4 is 0 Å². The summed E-state index contributed by atoms with van der Waals surface area (Å²) in [5.41, 5.74) is 0.467. The number of benzene rings is 1. The molecule has 0 bridgehead atoms. The summed E-state index contributed by atoms with van der Waals surface area (Å²) in [6.07, 6.45) is 1.36. The number of carbonyl (C=O) groups excluding carboxylic acids is 2. The van der Waals surface area contributed by atoms with Crippen molar-refractivity contribution in [2.45, 2.75) is 13.8 Å². The molecule has 25 heavy (non-hydrogen) atoms. The Kier molecular flexibility index (Phi) is 5.16. The van der Waals surface area contributed by atoms with Crippen LogP contribution in [-0.4, -0.2) is 59.6 Å². The number of amides is 2. The topological polar surface area (TPSA) is 62.7 Å². The van der Waals surface area contributed by atoms with E-state index < -0.39 is 0 Å². The van der Waals surface area contributed by atoms with E-state index in [1.165, 1.54) is 0 Å². The van der Waals surface area contributed by atoms with Crippen LogP contribution in [0.5, 0.6) is 0 Å². The molecule has 0 radical (unpaired) electrons. The average molecular weight is 341 g/mol. The molecule has 1 saturated heterocycles. The molecule has 1 aliphatic heterocycles. The van der Waals surface area contributed by atoms with E-state index in [2.05, 4.69) is 4.98 Å². The zero-order valence-corrected chi connectivity index (χ0v) is 14.6. The fraction of sp³-hybridized carbons (Fsp3) is 0.421. The highest BCUT2D eigenvalue weighted by Crippen LogP contribution is 2.18. The molecule has 1 aliphatic rings. The number of ether oxygens (including phenoxy) is 1. The highest BCUT2D eigenvalue weighted by Gasteiger charge is 2.27. The fourth-order valence-electron chi connectivity index (χ4n) is 2.86. The van der Waals surface area contributed by atoms with Gasteiger partial charge in [0.05, 0.1) is 6.61 Å². The van der Waals surface area contributed by atoms with E-state index in [0.717, 1.165) is 10.8 Å². The van der Waals surface area contributed by atoms with Crippen molar-refractivity contribution >= 4 is 22.8 Å². The van der Waals surface area contributed by atoms with E-state index >= 15 is 0 Å². The lowest BCUT2D eigenvalue weighted by atomic mass is 10.1. The third kappa shape index (κ3) is 3.90. The Hall–Kier alpha value is -2.63. The van der Waals surface area contributed by atoms with Crippen LogP contribution in [0, 0.1) is 5.92 Å². The molecule has 1 fully saturated rings. The molecule has 0 atom stereocenters. The molecule has 0 N–H and O–H groups in total. The Labute approximate surface area is 147 Å². The van der Waals surface area contributed by atoms with Crippen LogP contribution in [0.15, 0.2) is 36.5 Å². The minimum absolute atomic E-state index is 0.0907. The summed E-state index contributed by atoms with van der Waals surface area (Å²) in [6.45, 7) is 6.35. The van der Waals surface area contributed by atoms with E-state index in [0.29, 0.717) is 44.4 Å². The van der Waals surface area contributed by atoms with Gasteiger partial charge in [0.2, 0.25) is 0 Å². The summed E-state index contributed by atoms with van der Waals surface area (Å²) in [7, 11) is 0. The van der Waals surface area contributed by atoms with E-state index in [1.807, 2.05) is 44.2 Å². The molecule has 1 aromatic heterocycles. The van der Waals surface area contributed by atoms with Crippen LogP contribution in [0.3, 0.4) is 0 Å². The molecule has 0 unspecified atom stereocenters. The molecule has 0 aliphatic carbocycles. The zero-order valence-electron chi connectivity index (χ0n) is 14.6. The molecule has 6 heteroatoms. The van der Waals surface area contributed by atoms with Crippen molar-refractivity contribution in [3.8, 4) is 0 Å². The Morgan fingerprint density at radius 1 is 1.08 bits per heavy atom. The summed E-state index contributed by atoms with van der Waals surface area (Å²) in [6, 6.07) is 9.63. The van der Waals surface area contributed by atoms with Crippen molar-refractivity contribution < 1.29 is 14.3 Å². The first-order valence-corrected chi connectivity index (χ1v) is 8.61. The second-order valence-electron chi connectivity index (χ2n) is 6.63. The van der Waals surface area contributed by atoms with Crippen molar-refractivity contribution in [1.29, 1.82) is 0 Å². The van der Waals surface area contributed by atoms with E-state index in [1.54, 1.807) is 16.0 Å². The molecule has 0 saturated carbocycles. The van der Waals surface area contributed by atoms with Gasteiger partial charge in [-0.15, -0.1) is 0 Å². The van der Waals surface area contributed by atoms with Gasteiger partial charge in [-0.3, -0.25) is 9.78 Å². The number of piperazine rings is 1. The largest absolute Gasteiger partial charge is 0.449 e. The summed E-state index contributed by atoms with van der Waals surface area (Å²) in [5.74, 6) is 0.219. The second-order valence-corrected chi connectivity index (χ2v) is 6.63. The number of pyridine rings is 1. The molecule has 2 amide bonds. The van der Waals surface area contributed by atoms with Gasteiger partial charge in [0, 0.05) is 37.8 Å². The van der Waals surface area contributed by atoms with Crippen LogP contribution in [-0.2, 0) is 4.74 Å². The van der Waals surface area contributed by atoms with Gasteiger partial charge in [-0.1, -0.05) is 38.1 Å². The maximum atomic E-state index is 12.8. The van der Waals surface area contributed by atoms with Gasteiger partial charge in [-0.2, -0.15) is 0 Å². The first kappa shape index (κ1) is 17.2. The minimum atomic E-state index is -0.302. The molecule has 3 rings (SSSR count). The fourth-order valence-corrected chi connectivity index (χ4v) is 2.86. The van der Waals surface area contributed by atoms with E-state index in [4.69, 9.17) is 4.74 Å². The number of nitrogens with zero attached hydrogens (tertiary/aromatic N) is 3. The lowest BCUT2D eigenvalue weighted by Gasteiger charge is -2.34. The lowest BCUT2D eigenvalue weighted by Crippen LogP contribution is -2.51. The second kappa shape index (κ2) is 7.51. The smallest absolute Gasteiger partial charge is 0.409 e. The van der Waals surface area contributed by atoms with Crippen molar-refractivity contribution in [2.24, 2.45) is 5.92 Å². The lowest BCUT2D eigenvalue weighted by molar-refractivity contribution is 0.0533. The van der Waals surface area contributed by atoms with Gasteiger partial charge in [-0.25, -0.2) is 4.79 Å². The number of aromatic nitrogens is 1. The first-order valence-electron chi connectivity index (χ1n) is 8.61. The van der Waals surface area contributed by atoms with Crippen LogP contribution in [0.4, 0.5) is 4.79 Å². The number of carbonyl (C=O) groups is 2. The Morgan fingerprint density at radius 2 is 1.76 bits per heavy atom. The Morgan fingerprint density at radius 3 is 2.48 bits per heavy atom. The van der Waals surface area contributed by atoms with Gasteiger partial charge >= 0.3 is 6.09 Å². The van der Waals surface area contributed by atoms with Crippen LogP contribution in [0.1, 0.15) is 24.3 Å². The summed E-state index contributed by atoms with van der Waals surface area (Å²) >= 11 is 0. The number of rotatable bonds is 3. The third-order valence-electron chi connectivity index (χ3n) is 4.24. The van der Waals surface area contributed by atoms with Gasteiger partial charge in [0.1, 0.15) is 5.69 Å². The molecule has 0 spiro atoms. The molecule has 2 heterocycles. The summed E-state index contributed by atoms with van der Waals surface area (Å²) in [4.78, 5) is 32.5. The first-order chi connectivity index (χ1) is 12.1. The number of hydrogen-bond acceptors (Lipinski definition) is 4. The van der Waals surface area contributed by atoms with Gasteiger partial charge in [0.25, 0.3) is 5.91 Å². The zero-order chi connectivity index (χ0) is 17.8. The predicted molar refractivity (Wildman–Crippen MR) is 95.4 cm³/mol. The molecular weight excluding hydrogens is 318 g/mol. The molecular formula is C19H23N3O3. The normalized spacial score (nSPS) is 14.8. The number of hydrogen-bond donors (Lipinski definition) is 0.